The normalized spacial score (nSPS) is 21.8. The maximum Gasteiger partial charge on any atom is 0.451 e. The monoisotopic (exact) mass is 400 g/mol. The minimum Gasteiger partial charge on any atom is -0.486 e. The van der Waals surface area contributed by atoms with Crippen LogP contribution in [0.1, 0.15) is 57.9 Å². The fraction of sp³-hybridized carbons (Fsp3) is 0.619. The molecule has 7 nitrogen and oxygen atoms in total. The molecule has 0 bridgehead atoms. The third kappa shape index (κ3) is 4.01. The van der Waals surface area contributed by atoms with Gasteiger partial charge >= 0.3 is 7.12 Å². The minimum atomic E-state index is -1.36. The zero-order valence-corrected chi connectivity index (χ0v) is 17.2. The van der Waals surface area contributed by atoms with Crippen LogP contribution in [0.5, 0.6) is 11.6 Å². The van der Waals surface area contributed by atoms with Crippen molar-refractivity contribution < 1.29 is 19.5 Å². The predicted octanol–water partition coefficient (Wildman–Crippen LogP) is 2.68. The highest BCUT2D eigenvalue weighted by molar-refractivity contribution is 6.40. The van der Waals surface area contributed by atoms with E-state index in [-0.39, 0.29) is 18.0 Å². The smallest absolute Gasteiger partial charge is 0.451 e. The van der Waals surface area contributed by atoms with Crippen molar-refractivity contribution in [3.05, 3.63) is 28.0 Å². The number of nitrogens with zero attached hydrogens (tertiary/aromatic N) is 2. The Bertz CT molecular complexity index is 954. The third-order valence-electron chi connectivity index (χ3n) is 6.22. The molecule has 2 N–H and O–H groups in total. The summed E-state index contributed by atoms with van der Waals surface area (Å²) in [5, 5.41) is 19.3. The molecule has 1 saturated carbocycles. The highest BCUT2D eigenvalue weighted by Gasteiger charge is 2.35. The van der Waals surface area contributed by atoms with Crippen molar-refractivity contribution in [1.29, 1.82) is 0 Å². The highest BCUT2D eigenvalue weighted by atomic mass is 16.5. The van der Waals surface area contributed by atoms with Gasteiger partial charge in [0.05, 0.1) is 10.9 Å². The average Bonchev–Trinajstić information content (AvgIpc) is 3.20. The Balaban J connectivity index is 1.74. The maximum atomic E-state index is 13.1. The van der Waals surface area contributed by atoms with Crippen LogP contribution in [0.4, 0.5) is 0 Å². The molecule has 2 aromatic heterocycles. The zero-order valence-electron chi connectivity index (χ0n) is 17.2. The lowest BCUT2D eigenvalue weighted by molar-refractivity contribution is 0.0607. The van der Waals surface area contributed by atoms with Crippen molar-refractivity contribution in [2.75, 3.05) is 0 Å². The van der Waals surface area contributed by atoms with Crippen molar-refractivity contribution >= 4 is 18.2 Å². The van der Waals surface area contributed by atoms with E-state index < -0.39 is 12.7 Å². The van der Waals surface area contributed by atoms with Crippen molar-refractivity contribution in [1.82, 2.24) is 9.55 Å². The second kappa shape index (κ2) is 7.99. The van der Waals surface area contributed by atoms with Crippen LogP contribution in [0.15, 0.2) is 16.9 Å². The van der Waals surface area contributed by atoms with Crippen LogP contribution in [-0.2, 0) is 13.0 Å². The van der Waals surface area contributed by atoms with E-state index in [1.54, 1.807) is 4.57 Å². The standard InChI is InChI=1S/C21H29BN2O5/c1-3-24-19-15(8-9-17(23-19)28-14-6-4-5-7-14)18-16(20(24)25)10-11-21(2,29-18)12-13-22(26)27/h8-9,14,26-27H,3-7,10-13H2,1-2H3. The van der Waals surface area contributed by atoms with Gasteiger partial charge in [-0.05, 0) is 71.2 Å². The molecule has 0 spiro atoms. The maximum absolute atomic E-state index is 13.1. The first-order valence-corrected chi connectivity index (χ1v) is 10.7. The lowest BCUT2D eigenvalue weighted by Crippen LogP contribution is -2.40. The Labute approximate surface area is 170 Å². The summed E-state index contributed by atoms with van der Waals surface area (Å²) in [6.07, 6.45) is 6.64. The van der Waals surface area contributed by atoms with E-state index in [9.17, 15) is 14.8 Å². The van der Waals surface area contributed by atoms with Crippen LogP contribution in [0.25, 0.3) is 11.0 Å². The molecule has 0 radical (unpaired) electrons. The number of rotatable bonds is 6. The number of pyridine rings is 2. The van der Waals surface area contributed by atoms with E-state index >= 15 is 0 Å². The molecule has 2 aromatic rings. The van der Waals surface area contributed by atoms with Gasteiger partial charge in [-0.1, -0.05) is 0 Å². The van der Waals surface area contributed by atoms with Gasteiger partial charge in [0.25, 0.3) is 5.56 Å². The number of aryl methyl sites for hydroxylation is 1. The summed E-state index contributed by atoms with van der Waals surface area (Å²) in [6.45, 7) is 4.42. The SMILES string of the molecule is CCn1c(=O)c2c(c3ccc(OC4CCCC4)nc31)OC(C)(CCB(O)O)CC2. The molecule has 4 rings (SSSR count). The van der Waals surface area contributed by atoms with Gasteiger partial charge in [-0.3, -0.25) is 9.36 Å². The second-order valence-electron chi connectivity index (χ2n) is 8.47. The topological polar surface area (TPSA) is 93.8 Å². The predicted molar refractivity (Wildman–Crippen MR) is 112 cm³/mol. The van der Waals surface area contributed by atoms with Crippen LogP contribution >= 0.6 is 0 Å². The van der Waals surface area contributed by atoms with Crippen LogP contribution in [0, 0.1) is 0 Å². The molecular weight excluding hydrogens is 371 g/mol. The first-order valence-electron chi connectivity index (χ1n) is 10.7. The summed E-state index contributed by atoms with van der Waals surface area (Å²) >= 11 is 0. The molecule has 0 aromatic carbocycles. The number of hydrogen-bond acceptors (Lipinski definition) is 6. The van der Waals surface area contributed by atoms with E-state index in [0.29, 0.717) is 48.6 Å². The van der Waals surface area contributed by atoms with Gasteiger partial charge in [-0.15, -0.1) is 0 Å². The fourth-order valence-electron chi connectivity index (χ4n) is 4.50. The Kier molecular flexibility index (Phi) is 5.57. The van der Waals surface area contributed by atoms with Gasteiger partial charge in [0.15, 0.2) is 5.65 Å². The van der Waals surface area contributed by atoms with Crippen LogP contribution < -0.4 is 15.0 Å². The van der Waals surface area contributed by atoms with E-state index in [1.807, 2.05) is 26.0 Å². The summed E-state index contributed by atoms with van der Waals surface area (Å²) in [4.78, 5) is 17.8. The summed E-state index contributed by atoms with van der Waals surface area (Å²) in [6, 6.07) is 3.79. The molecule has 1 unspecified atom stereocenters. The zero-order chi connectivity index (χ0) is 20.6. The lowest BCUT2D eigenvalue weighted by atomic mass is 9.77. The van der Waals surface area contributed by atoms with Gasteiger partial charge < -0.3 is 19.5 Å². The Morgan fingerprint density at radius 3 is 2.79 bits per heavy atom. The summed E-state index contributed by atoms with van der Waals surface area (Å²) in [5.74, 6) is 1.13. The molecule has 1 atom stereocenters. The molecule has 3 heterocycles. The molecule has 1 aliphatic carbocycles. The van der Waals surface area contributed by atoms with Gasteiger partial charge in [0.1, 0.15) is 17.5 Å². The van der Waals surface area contributed by atoms with Gasteiger partial charge in [0.2, 0.25) is 5.88 Å². The second-order valence-corrected chi connectivity index (χ2v) is 8.47. The molecule has 2 aliphatic rings. The third-order valence-corrected chi connectivity index (χ3v) is 6.22. The van der Waals surface area contributed by atoms with Gasteiger partial charge in [0, 0.05) is 12.6 Å². The Morgan fingerprint density at radius 2 is 2.10 bits per heavy atom. The molecule has 156 valence electrons. The van der Waals surface area contributed by atoms with Crippen molar-refractivity contribution in [3.63, 3.8) is 0 Å². The van der Waals surface area contributed by atoms with Crippen molar-refractivity contribution in [2.45, 2.75) is 83.4 Å². The molecule has 0 saturated heterocycles. The highest BCUT2D eigenvalue weighted by Crippen LogP contribution is 2.39. The average molecular weight is 400 g/mol. The van der Waals surface area contributed by atoms with Crippen molar-refractivity contribution in [2.24, 2.45) is 0 Å². The first kappa shape index (κ1) is 20.2. The largest absolute Gasteiger partial charge is 0.486 e. The molecule has 29 heavy (non-hydrogen) atoms. The number of ether oxygens (including phenoxy) is 2. The van der Waals surface area contributed by atoms with Crippen molar-refractivity contribution in [3.8, 4) is 11.6 Å². The molecule has 1 aliphatic heterocycles. The van der Waals surface area contributed by atoms with E-state index in [0.717, 1.165) is 18.2 Å². The van der Waals surface area contributed by atoms with Crippen LogP contribution in [-0.4, -0.2) is 38.4 Å². The number of hydrogen-bond donors (Lipinski definition) is 2. The van der Waals surface area contributed by atoms with E-state index in [4.69, 9.17) is 9.47 Å². The Hall–Kier alpha value is -2.06. The molecule has 0 amide bonds. The van der Waals surface area contributed by atoms with Crippen LogP contribution in [0.3, 0.4) is 0 Å². The van der Waals surface area contributed by atoms with E-state index in [1.165, 1.54) is 12.8 Å². The van der Waals surface area contributed by atoms with Gasteiger partial charge in [-0.25, -0.2) is 0 Å². The quantitative estimate of drug-likeness (QED) is 0.725. The van der Waals surface area contributed by atoms with E-state index in [2.05, 4.69) is 4.98 Å². The summed E-state index contributed by atoms with van der Waals surface area (Å²) in [7, 11) is -1.36. The lowest BCUT2D eigenvalue weighted by Gasteiger charge is -2.36. The fourth-order valence-corrected chi connectivity index (χ4v) is 4.50. The molecule has 8 heteroatoms. The first-order chi connectivity index (χ1) is 13.9. The van der Waals surface area contributed by atoms with Crippen LogP contribution in [0.2, 0.25) is 6.32 Å². The number of aromatic nitrogens is 2. The Morgan fingerprint density at radius 1 is 1.34 bits per heavy atom. The summed E-state index contributed by atoms with van der Waals surface area (Å²) in [5.41, 5.74) is 0.642. The summed E-state index contributed by atoms with van der Waals surface area (Å²) < 4.78 is 14.1. The van der Waals surface area contributed by atoms with Gasteiger partial charge in [-0.2, -0.15) is 4.98 Å². The minimum absolute atomic E-state index is 0.0650. The molecular formula is C21H29BN2O5. The molecule has 1 fully saturated rings. The number of fused-ring (bicyclic) bond motifs is 3.